The molecule has 11 nitrogen and oxygen atoms in total. The molecule has 2 aromatic rings. The number of amides is 1. The summed E-state index contributed by atoms with van der Waals surface area (Å²) in [5.41, 5.74) is 0.795. The number of carboxylic acids is 2. The van der Waals surface area contributed by atoms with Crippen LogP contribution in [-0.2, 0) is 20.9 Å². The van der Waals surface area contributed by atoms with Crippen molar-refractivity contribution in [2.24, 2.45) is 5.92 Å². The zero-order valence-electron chi connectivity index (χ0n) is 22.3. The Kier molecular flexibility index (Phi) is 12.1. The Morgan fingerprint density at radius 2 is 1.65 bits per heavy atom. The second kappa shape index (κ2) is 15.0. The van der Waals surface area contributed by atoms with Gasteiger partial charge in [-0.3, -0.25) is 9.69 Å². The van der Waals surface area contributed by atoms with Gasteiger partial charge >= 0.3 is 11.9 Å². The molecule has 0 unspecified atom stereocenters. The smallest absolute Gasteiger partial charge is 0.328 e. The van der Waals surface area contributed by atoms with E-state index in [9.17, 15) is 14.4 Å². The van der Waals surface area contributed by atoms with Crippen molar-refractivity contribution < 1.29 is 24.6 Å². The third-order valence-electron chi connectivity index (χ3n) is 6.38. The van der Waals surface area contributed by atoms with Crippen LogP contribution in [0.5, 0.6) is 0 Å². The minimum Gasteiger partial charge on any atom is -0.478 e. The molecule has 0 aromatic carbocycles. The molecule has 0 aliphatic heterocycles. The first-order valence-corrected chi connectivity index (χ1v) is 13.0. The molecule has 1 saturated carbocycles. The molecule has 1 amide bonds. The van der Waals surface area contributed by atoms with Crippen molar-refractivity contribution in [2.75, 3.05) is 11.9 Å². The Morgan fingerprint density at radius 3 is 2.22 bits per heavy atom. The molecule has 0 radical (unpaired) electrons. The van der Waals surface area contributed by atoms with Gasteiger partial charge in [0.25, 0.3) is 0 Å². The van der Waals surface area contributed by atoms with E-state index < -0.39 is 11.9 Å². The van der Waals surface area contributed by atoms with Gasteiger partial charge in [-0.25, -0.2) is 24.2 Å². The van der Waals surface area contributed by atoms with Crippen LogP contribution in [0, 0.1) is 5.92 Å². The number of unbranched alkanes of at least 4 members (excludes halogenated alkanes) is 1. The number of carbonyl (C=O) groups excluding carboxylic acids is 1. The number of carbonyl (C=O) groups is 3. The summed E-state index contributed by atoms with van der Waals surface area (Å²) in [5.74, 6) is -1.74. The van der Waals surface area contributed by atoms with Crippen LogP contribution in [0.3, 0.4) is 0 Å². The summed E-state index contributed by atoms with van der Waals surface area (Å²) < 4.78 is 1.93. The van der Waals surface area contributed by atoms with E-state index in [-0.39, 0.29) is 11.8 Å². The van der Waals surface area contributed by atoms with Crippen LogP contribution in [0.15, 0.2) is 24.7 Å². The molecule has 1 fully saturated rings. The second-order valence-electron chi connectivity index (χ2n) is 9.79. The number of aryl methyl sites for hydroxylation is 1. The Morgan fingerprint density at radius 1 is 1.03 bits per heavy atom. The van der Waals surface area contributed by atoms with E-state index in [1.54, 1.807) is 6.20 Å². The minimum atomic E-state index is -1.26. The highest BCUT2D eigenvalue weighted by molar-refractivity contribution is 5.99. The van der Waals surface area contributed by atoms with Crippen molar-refractivity contribution in [1.29, 1.82) is 0 Å². The van der Waals surface area contributed by atoms with Gasteiger partial charge in [0.05, 0.1) is 11.6 Å². The van der Waals surface area contributed by atoms with Gasteiger partial charge in [-0.15, -0.1) is 0 Å². The number of aliphatic carboxylic acids is 2. The van der Waals surface area contributed by atoms with Crippen molar-refractivity contribution in [3.05, 3.63) is 24.7 Å². The van der Waals surface area contributed by atoms with E-state index in [0.29, 0.717) is 30.1 Å². The van der Waals surface area contributed by atoms with Crippen LogP contribution in [0.2, 0.25) is 0 Å². The normalized spacial score (nSPS) is 14.4. The number of nitrogens with zero attached hydrogens (tertiary/aromatic N) is 5. The van der Waals surface area contributed by atoms with Crippen molar-refractivity contribution >= 4 is 34.7 Å². The van der Waals surface area contributed by atoms with E-state index in [1.165, 1.54) is 12.7 Å². The van der Waals surface area contributed by atoms with E-state index >= 15 is 0 Å². The fourth-order valence-corrected chi connectivity index (χ4v) is 4.55. The predicted octanol–water partition coefficient (Wildman–Crippen LogP) is 3.96. The SMILES string of the molecule is CC(C)N(CCCCn1ncc2c(NC(=O)C3CCCCC3)ncnc21)C(C)C.O=C(O)/C=C\C(=O)O. The number of aromatic nitrogens is 4. The van der Waals surface area contributed by atoms with Gasteiger partial charge in [0.1, 0.15) is 12.1 Å². The summed E-state index contributed by atoms with van der Waals surface area (Å²) in [5, 5.41) is 24.0. The zero-order chi connectivity index (χ0) is 27.4. The van der Waals surface area contributed by atoms with E-state index in [4.69, 9.17) is 10.2 Å². The molecule has 2 aromatic heterocycles. The summed E-state index contributed by atoms with van der Waals surface area (Å²) in [6.07, 6.45) is 12.0. The molecule has 3 N–H and O–H groups in total. The van der Waals surface area contributed by atoms with Gasteiger partial charge in [-0.05, 0) is 59.9 Å². The number of rotatable bonds is 11. The molecule has 204 valence electrons. The van der Waals surface area contributed by atoms with Gasteiger partial charge in [0.2, 0.25) is 5.91 Å². The van der Waals surface area contributed by atoms with Gasteiger partial charge < -0.3 is 15.5 Å². The first-order chi connectivity index (χ1) is 17.6. The average molecular weight is 517 g/mol. The monoisotopic (exact) mass is 516 g/mol. The Bertz CT molecular complexity index is 1030. The quantitative estimate of drug-likeness (QED) is 0.298. The van der Waals surface area contributed by atoms with Crippen molar-refractivity contribution in [3.8, 4) is 0 Å². The number of hydrogen-bond donors (Lipinski definition) is 3. The lowest BCUT2D eigenvalue weighted by Crippen LogP contribution is -2.37. The summed E-state index contributed by atoms with van der Waals surface area (Å²) in [6, 6.07) is 1.12. The van der Waals surface area contributed by atoms with E-state index in [2.05, 4.69) is 53.0 Å². The molecule has 0 spiro atoms. The lowest BCUT2D eigenvalue weighted by Gasteiger charge is -2.30. The minimum absolute atomic E-state index is 0.0833. The van der Waals surface area contributed by atoms with Gasteiger partial charge in [0.15, 0.2) is 5.65 Å². The average Bonchev–Trinajstić information content (AvgIpc) is 3.27. The fourth-order valence-electron chi connectivity index (χ4n) is 4.55. The summed E-state index contributed by atoms with van der Waals surface area (Å²) >= 11 is 0. The molecule has 0 atom stereocenters. The predicted molar refractivity (Wildman–Crippen MR) is 141 cm³/mol. The molecule has 0 saturated heterocycles. The molecule has 37 heavy (non-hydrogen) atoms. The first kappa shape index (κ1) is 29.9. The molecule has 0 bridgehead atoms. The highest BCUT2D eigenvalue weighted by atomic mass is 16.4. The fraction of sp³-hybridized carbons (Fsp3) is 0.615. The van der Waals surface area contributed by atoms with E-state index in [1.807, 2.05) is 4.68 Å². The maximum Gasteiger partial charge on any atom is 0.328 e. The van der Waals surface area contributed by atoms with Crippen LogP contribution < -0.4 is 5.32 Å². The Hall–Kier alpha value is -3.34. The molecule has 2 heterocycles. The Labute approximate surface area is 218 Å². The van der Waals surface area contributed by atoms with Gasteiger partial charge in [-0.2, -0.15) is 5.10 Å². The molecule has 1 aliphatic carbocycles. The lowest BCUT2D eigenvalue weighted by atomic mass is 9.89. The number of nitrogens with one attached hydrogen (secondary N) is 1. The highest BCUT2D eigenvalue weighted by Crippen LogP contribution is 2.26. The molecular formula is C26H40N6O5. The lowest BCUT2D eigenvalue weighted by molar-refractivity contribution is -0.134. The molecule has 11 heteroatoms. The topological polar surface area (TPSA) is 151 Å². The van der Waals surface area contributed by atoms with Crippen LogP contribution >= 0.6 is 0 Å². The van der Waals surface area contributed by atoms with Crippen LogP contribution in [0.1, 0.15) is 72.6 Å². The van der Waals surface area contributed by atoms with Crippen LogP contribution in [-0.4, -0.2) is 71.3 Å². The van der Waals surface area contributed by atoms with Crippen molar-refractivity contribution in [3.63, 3.8) is 0 Å². The largest absolute Gasteiger partial charge is 0.478 e. The van der Waals surface area contributed by atoms with Gasteiger partial charge in [-0.1, -0.05) is 19.3 Å². The molecule has 1 aliphatic rings. The summed E-state index contributed by atoms with van der Waals surface area (Å²) in [7, 11) is 0. The number of hydrogen-bond acceptors (Lipinski definition) is 7. The first-order valence-electron chi connectivity index (χ1n) is 13.0. The van der Waals surface area contributed by atoms with Crippen LogP contribution in [0.4, 0.5) is 5.82 Å². The zero-order valence-corrected chi connectivity index (χ0v) is 22.3. The molecular weight excluding hydrogens is 476 g/mol. The summed E-state index contributed by atoms with van der Waals surface area (Å²) in [6.45, 7) is 10.9. The molecule has 3 rings (SSSR count). The summed E-state index contributed by atoms with van der Waals surface area (Å²) in [4.78, 5) is 43.0. The van der Waals surface area contributed by atoms with Crippen molar-refractivity contribution in [1.82, 2.24) is 24.6 Å². The highest BCUT2D eigenvalue weighted by Gasteiger charge is 2.22. The number of carboxylic acid groups (broad SMARTS) is 2. The van der Waals surface area contributed by atoms with Crippen LogP contribution in [0.25, 0.3) is 11.0 Å². The third kappa shape index (κ3) is 9.91. The standard InChI is InChI=1S/C22H36N6O.C4H4O4/c1-16(2)27(17(3)4)12-8-9-13-28-21-19(14-25-28)20(23-15-24-21)26-22(29)18-10-6-5-7-11-18;5-3(6)1-2-4(7)8/h14-18H,5-13H2,1-4H3,(H,23,24,26,29);1-2H,(H,5,6)(H,7,8)/b;2-1-. The third-order valence-corrected chi connectivity index (χ3v) is 6.38. The number of fused-ring (bicyclic) bond motifs is 1. The Balaban J connectivity index is 0.000000521. The van der Waals surface area contributed by atoms with Crippen molar-refractivity contribution in [2.45, 2.75) is 91.3 Å². The number of anilines is 1. The second-order valence-corrected chi connectivity index (χ2v) is 9.79. The van der Waals surface area contributed by atoms with Gasteiger partial charge in [0, 0.05) is 36.7 Å². The maximum atomic E-state index is 12.6. The maximum absolute atomic E-state index is 12.6. The van der Waals surface area contributed by atoms with E-state index in [0.717, 1.165) is 62.6 Å².